The second-order valence-corrected chi connectivity index (χ2v) is 4.34. The standard InChI is InChI=1S/C12H13N3O/c1-7-2-3-10-8(6-7)12(16)15-5-4-9(13)11(15)14-10/h2-3,6,9H,4-5,13H2,1H3/t9-/m1/s1. The topological polar surface area (TPSA) is 60.9 Å². The third-order valence-corrected chi connectivity index (χ3v) is 3.13. The lowest BCUT2D eigenvalue weighted by Crippen LogP contribution is -2.22. The Hall–Kier alpha value is -1.68. The van der Waals surface area contributed by atoms with Crippen LogP contribution in [-0.4, -0.2) is 9.55 Å². The molecule has 3 rings (SSSR count). The largest absolute Gasteiger partial charge is 0.321 e. The zero-order valence-electron chi connectivity index (χ0n) is 9.10. The van der Waals surface area contributed by atoms with Gasteiger partial charge in [0.1, 0.15) is 5.82 Å². The highest BCUT2D eigenvalue weighted by molar-refractivity contribution is 5.78. The number of nitrogens with zero attached hydrogens (tertiary/aromatic N) is 2. The minimum absolute atomic E-state index is 0.0386. The van der Waals surface area contributed by atoms with Crippen LogP contribution in [0.4, 0.5) is 0 Å². The monoisotopic (exact) mass is 215 g/mol. The Kier molecular flexibility index (Phi) is 1.88. The summed E-state index contributed by atoms with van der Waals surface area (Å²) < 4.78 is 1.70. The predicted octanol–water partition coefficient (Wildman–Crippen LogP) is 1.11. The first kappa shape index (κ1) is 9.54. The van der Waals surface area contributed by atoms with Crippen LogP contribution in [0.1, 0.15) is 23.9 Å². The van der Waals surface area contributed by atoms with Gasteiger partial charge in [0.05, 0.1) is 16.9 Å². The number of rotatable bonds is 0. The van der Waals surface area contributed by atoms with Crippen LogP contribution in [0.15, 0.2) is 23.0 Å². The van der Waals surface area contributed by atoms with Crippen LogP contribution in [0.5, 0.6) is 0 Å². The number of aromatic nitrogens is 2. The van der Waals surface area contributed by atoms with Gasteiger partial charge in [0, 0.05) is 6.54 Å². The Bertz CT molecular complexity index is 630. The number of aryl methyl sites for hydroxylation is 1. The van der Waals surface area contributed by atoms with Crippen molar-refractivity contribution in [2.45, 2.75) is 25.9 Å². The Morgan fingerprint density at radius 1 is 1.50 bits per heavy atom. The van der Waals surface area contributed by atoms with Crippen molar-refractivity contribution in [3.05, 3.63) is 39.9 Å². The molecule has 1 aliphatic rings. The number of nitrogens with two attached hydrogens (primary N) is 1. The summed E-state index contributed by atoms with van der Waals surface area (Å²) in [4.78, 5) is 16.7. The van der Waals surface area contributed by atoms with Crippen LogP contribution >= 0.6 is 0 Å². The van der Waals surface area contributed by atoms with Crippen molar-refractivity contribution < 1.29 is 0 Å². The van der Waals surface area contributed by atoms with Crippen molar-refractivity contribution in [1.82, 2.24) is 9.55 Å². The van der Waals surface area contributed by atoms with Crippen molar-refractivity contribution in [2.75, 3.05) is 0 Å². The summed E-state index contributed by atoms with van der Waals surface area (Å²) in [5, 5.41) is 0.692. The minimum atomic E-state index is -0.0987. The normalized spacial score (nSPS) is 19.0. The molecule has 1 aliphatic heterocycles. The summed E-state index contributed by atoms with van der Waals surface area (Å²) in [5.74, 6) is 0.723. The molecule has 4 nitrogen and oxygen atoms in total. The van der Waals surface area contributed by atoms with E-state index in [1.807, 2.05) is 25.1 Å². The van der Waals surface area contributed by atoms with Crippen LogP contribution < -0.4 is 11.3 Å². The van der Waals surface area contributed by atoms with Crippen molar-refractivity contribution >= 4 is 10.9 Å². The zero-order chi connectivity index (χ0) is 11.3. The first-order chi connectivity index (χ1) is 7.66. The molecule has 1 aromatic heterocycles. The molecule has 2 aromatic rings. The van der Waals surface area contributed by atoms with Gasteiger partial charge in [-0.25, -0.2) is 4.98 Å². The van der Waals surface area contributed by atoms with Crippen molar-refractivity contribution in [3.8, 4) is 0 Å². The van der Waals surface area contributed by atoms with Gasteiger partial charge in [-0.3, -0.25) is 9.36 Å². The molecule has 1 atom stereocenters. The molecule has 2 N–H and O–H groups in total. The van der Waals surface area contributed by atoms with Gasteiger partial charge >= 0.3 is 0 Å². The van der Waals surface area contributed by atoms with Gasteiger partial charge in [-0.2, -0.15) is 0 Å². The first-order valence-corrected chi connectivity index (χ1v) is 5.43. The van der Waals surface area contributed by atoms with Gasteiger partial charge < -0.3 is 5.73 Å². The predicted molar refractivity (Wildman–Crippen MR) is 62.3 cm³/mol. The van der Waals surface area contributed by atoms with E-state index in [4.69, 9.17) is 5.73 Å². The average molecular weight is 215 g/mol. The number of hydrogen-bond donors (Lipinski definition) is 1. The summed E-state index contributed by atoms with van der Waals surface area (Å²) in [7, 11) is 0. The van der Waals surface area contributed by atoms with E-state index in [1.165, 1.54) is 0 Å². The molecule has 82 valence electrons. The fourth-order valence-electron chi connectivity index (χ4n) is 2.25. The van der Waals surface area contributed by atoms with Gasteiger partial charge in [-0.15, -0.1) is 0 Å². The Morgan fingerprint density at radius 3 is 3.12 bits per heavy atom. The van der Waals surface area contributed by atoms with Gasteiger partial charge in [0.15, 0.2) is 0 Å². The van der Waals surface area contributed by atoms with Gasteiger partial charge in [-0.05, 0) is 25.5 Å². The van der Waals surface area contributed by atoms with Crippen LogP contribution in [0, 0.1) is 6.92 Å². The lowest BCUT2D eigenvalue weighted by Gasteiger charge is -2.07. The molecule has 0 radical (unpaired) electrons. The van der Waals surface area contributed by atoms with Crippen molar-refractivity contribution in [1.29, 1.82) is 0 Å². The molecule has 0 bridgehead atoms. The highest BCUT2D eigenvalue weighted by atomic mass is 16.1. The Balaban J connectivity index is 2.44. The van der Waals surface area contributed by atoms with Gasteiger partial charge in [-0.1, -0.05) is 11.6 Å². The van der Waals surface area contributed by atoms with E-state index in [1.54, 1.807) is 4.57 Å². The molecule has 0 unspecified atom stereocenters. The maximum Gasteiger partial charge on any atom is 0.261 e. The molecular weight excluding hydrogens is 202 g/mol. The van der Waals surface area contributed by atoms with Crippen LogP contribution in [-0.2, 0) is 6.54 Å². The maximum absolute atomic E-state index is 12.2. The molecule has 1 aromatic carbocycles. The third kappa shape index (κ3) is 1.20. The van der Waals surface area contributed by atoms with Crippen LogP contribution in [0.25, 0.3) is 10.9 Å². The molecule has 0 fully saturated rings. The van der Waals surface area contributed by atoms with E-state index in [0.717, 1.165) is 23.3 Å². The van der Waals surface area contributed by atoms with E-state index < -0.39 is 0 Å². The van der Waals surface area contributed by atoms with E-state index in [9.17, 15) is 4.79 Å². The van der Waals surface area contributed by atoms with Crippen molar-refractivity contribution in [2.24, 2.45) is 5.73 Å². The smallest absolute Gasteiger partial charge is 0.261 e. The first-order valence-electron chi connectivity index (χ1n) is 5.43. The third-order valence-electron chi connectivity index (χ3n) is 3.13. The summed E-state index contributed by atoms with van der Waals surface area (Å²) in [5.41, 5.74) is 7.78. The zero-order valence-corrected chi connectivity index (χ0v) is 9.10. The molecular formula is C12H13N3O. The second-order valence-electron chi connectivity index (χ2n) is 4.34. The Morgan fingerprint density at radius 2 is 2.31 bits per heavy atom. The molecule has 0 saturated heterocycles. The van der Waals surface area contributed by atoms with Gasteiger partial charge in [0.25, 0.3) is 5.56 Å². The van der Waals surface area contributed by atoms with Gasteiger partial charge in [0.2, 0.25) is 0 Å². The SMILES string of the molecule is Cc1ccc2nc3n(c(=O)c2c1)CC[C@H]3N. The number of hydrogen-bond acceptors (Lipinski definition) is 3. The van der Waals surface area contributed by atoms with Crippen LogP contribution in [0.2, 0.25) is 0 Å². The van der Waals surface area contributed by atoms with E-state index in [-0.39, 0.29) is 11.6 Å². The number of benzene rings is 1. The van der Waals surface area contributed by atoms with E-state index in [0.29, 0.717) is 11.9 Å². The molecule has 4 heteroatoms. The average Bonchev–Trinajstić information content (AvgIpc) is 2.63. The molecule has 0 amide bonds. The molecule has 0 aliphatic carbocycles. The number of fused-ring (bicyclic) bond motifs is 2. The quantitative estimate of drug-likeness (QED) is 0.716. The van der Waals surface area contributed by atoms with E-state index in [2.05, 4.69) is 4.98 Å². The fourth-order valence-corrected chi connectivity index (χ4v) is 2.25. The fraction of sp³-hybridized carbons (Fsp3) is 0.333. The summed E-state index contributed by atoms with van der Waals surface area (Å²) in [6.07, 6.45) is 0.803. The molecule has 0 spiro atoms. The van der Waals surface area contributed by atoms with Crippen LogP contribution in [0.3, 0.4) is 0 Å². The van der Waals surface area contributed by atoms with E-state index >= 15 is 0 Å². The summed E-state index contributed by atoms with van der Waals surface area (Å²) in [6, 6.07) is 5.64. The maximum atomic E-state index is 12.2. The molecule has 0 saturated carbocycles. The lowest BCUT2D eigenvalue weighted by molar-refractivity contribution is 0.679. The highest BCUT2D eigenvalue weighted by Gasteiger charge is 2.22. The molecule has 2 heterocycles. The Labute approximate surface area is 92.7 Å². The highest BCUT2D eigenvalue weighted by Crippen LogP contribution is 2.21. The second kappa shape index (κ2) is 3.15. The van der Waals surface area contributed by atoms with Crippen molar-refractivity contribution in [3.63, 3.8) is 0 Å². The summed E-state index contributed by atoms with van der Waals surface area (Å²) in [6.45, 7) is 2.66. The minimum Gasteiger partial charge on any atom is -0.321 e. The summed E-state index contributed by atoms with van der Waals surface area (Å²) >= 11 is 0. The molecule has 16 heavy (non-hydrogen) atoms. The lowest BCUT2D eigenvalue weighted by atomic mass is 10.1.